The first-order valence-electron chi connectivity index (χ1n) is 6.23. The Balaban J connectivity index is 1.87. The highest BCUT2D eigenvalue weighted by atomic mass is 16.3. The van der Waals surface area contributed by atoms with Gasteiger partial charge in [-0.25, -0.2) is 0 Å². The van der Waals surface area contributed by atoms with Crippen LogP contribution in [0.2, 0.25) is 0 Å². The molecule has 1 unspecified atom stereocenters. The van der Waals surface area contributed by atoms with Crippen LogP contribution in [0.5, 0.6) is 0 Å². The van der Waals surface area contributed by atoms with Gasteiger partial charge in [-0.15, -0.1) is 0 Å². The van der Waals surface area contributed by atoms with Crippen LogP contribution < -0.4 is 0 Å². The van der Waals surface area contributed by atoms with Crippen LogP contribution in [0.4, 0.5) is 0 Å². The molecule has 1 N–H and O–H groups in total. The van der Waals surface area contributed by atoms with Gasteiger partial charge in [-0.1, -0.05) is 24.3 Å². The van der Waals surface area contributed by atoms with E-state index in [0.29, 0.717) is 0 Å². The second kappa shape index (κ2) is 5.46. The SMILES string of the molecule is Cc1ccccc1C(O)CCN1CCCC1. The molecule has 1 heterocycles. The molecule has 0 spiro atoms. The van der Waals surface area contributed by atoms with Gasteiger partial charge in [0, 0.05) is 6.54 Å². The first-order valence-corrected chi connectivity index (χ1v) is 6.23. The lowest BCUT2D eigenvalue weighted by molar-refractivity contribution is 0.148. The van der Waals surface area contributed by atoms with Gasteiger partial charge >= 0.3 is 0 Å². The minimum Gasteiger partial charge on any atom is -0.388 e. The minimum absolute atomic E-state index is 0.304. The molecule has 1 atom stereocenters. The summed E-state index contributed by atoms with van der Waals surface area (Å²) in [6, 6.07) is 8.12. The van der Waals surface area contributed by atoms with E-state index in [-0.39, 0.29) is 6.10 Å². The molecule has 1 fully saturated rings. The fraction of sp³-hybridized carbons (Fsp3) is 0.571. The van der Waals surface area contributed by atoms with Gasteiger partial charge in [0.1, 0.15) is 0 Å². The maximum Gasteiger partial charge on any atom is 0.0804 e. The molecule has 0 amide bonds. The van der Waals surface area contributed by atoms with Gasteiger partial charge in [-0.05, 0) is 50.4 Å². The third kappa shape index (κ3) is 2.83. The van der Waals surface area contributed by atoms with E-state index in [9.17, 15) is 5.11 Å². The van der Waals surface area contributed by atoms with Crippen LogP contribution in [0.1, 0.15) is 36.5 Å². The summed E-state index contributed by atoms with van der Waals surface area (Å²) in [5.74, 6) is 0. The topological polar surface area (TPSA) is 23.5 Å². The van der Waals surface area contributed by atoms with Gasteiger partial charge in [0.25, 0.3) is 0 Å². The molecule has 2 nitrogen and oxygen atoms in total. The summed E-state index contributed by atoms with van der Waals surface area (Å²) < 4.78 is 0. The van der Waals surface area contributed by atoms with Crippen LogP contribution in [-0.2, 0) is 0 Å². The van der Waals surface area contributed by atoms with Gasteiger partial charge in [0.2, 0.25) is 0 Å². The van der Waals surface area contributed by atoms with Crippen LogP contribution in [-0.4, -0.2) is 29.6 Å². The molecule has 0 radical (unpaired) electrons. The highest BCUT2D eigenvalue weighted by Gasteiger charge is 2.15. The van der Waals surface area contributed by atoms with Crippen molar-refractivity contribution in [3.8, 4) is 0 Å². The Kier molecular flexibility index (Phi) is 3.97. The van der Waals surface area contributed by atoms with Crippen molar-refractivity contribution in [2.45, 2.75) is 32.3 Å². The number of aryl methyl sites for hydroxylation is 1. The predicted octanol–water partition coefficient (Wildman–Crippen LogP) is 2.51. The first-order chi connectivity index (χ1) is 7.77. The number of hydrogen-bond donors (Lipinski definition) is 1. The Labute approximate surface area is 97.9 Å². The molecule has 1 aromatic rings. The lowest BCUT2D eigenvalue weighted by Gasteiger charge is -2.18. The third-order valence-corrected chi connectivity index (χ3v) is 3.46. The zero-order valence-electron chi connectivity index (χ0n) is 10.0. The van der Waals surface area contributed by atoms with Crippen molar-refractivity contribution in [3.05, 3.63) is 35.4 Å². The van der Waals surface area contributed by atoms with E-state index in [0.717, 1.165) is 18.5 Å². The minimum atomic E-state index is -0.304. The molecular formula is C14H21NO. The summed E-state index contributed by atoms with van der Waals surface area (Å²) in [6.45, 7) is 5.50. The zero-order valence-corrected chi connectivity index (χ0v) is 10.0. The molecule has 88 valence electrons. The van der Waals surface area contributed by atoms with Crippen LogP contribution in [0.15, 0.2) is 24.3 Å². The Hall–Kier alpha value is -0.860. The normalized spacial score (nSPS) is 18.9. The summed E-state index contributed by atoms with van der Waals surface area (Å²) in [5, 5.41) is 10.1. The molecule has 1 saturated heterocycles. The predicted molar refractivity (Wildman–Crippen MR) is 66.4 cm³/mol. The van der Waals surface area contributed by atoms with E-state index < -0.39 is 0 Å². The highest BCUT2D eigenvalue weighted by Crippen LogP contribution is 2.21. The Bertz CT molecular complexity index is 331. The monoisotopic (exact) mass is 219 g/mol. The Morgan fingerprint density at radius 3 is 2.62 bits per heavy atom. The molecule has 0 aliphatic carbocycles. The summed E-state index contributed by atoms with van der Waals surface area (Å²) in [6.07, 6.45) is 3.19. The first kappa shape index (κ1) is 11.6. The van der Waals surface area contributed by atoms with Gasteiger partial charge in [-0.2, -0.15) is 0 Å². The lowest BCUT2D eigenvalue weighted by Crippen LogP contribution is -2.22. The molecule has 2 rings (SSSR count). The smallest absolute Gasteiger partial charge is 0.0804 e. The maximum absolute atomic E-state index is 10.1. The van der Waals surface area contributed by atoms with E-state index in [2.05, 4.69) is 17.9 Å². The second-order valence-corrected chi connectivity index (χ2v) is 4.71. The van der Waals surface area contributed by atoms with Gasteiger partial charge in [0.05, 0.1) is 6.10 Å². The molecule has 1 aromatic carbocycles. The number of rotatable bonds is 4. The van der Waals surface area contributed by atoms with E-state index in [1.807, 2.05) is 18.2 Å². The van der Waals surface area contributed by atoms with Crippen molar-refractivity contribution in [2.75, 3.05) is 19.6 Å². The molecule has 16 heavy (non-hydrogen) atoms. The average molecular weight is 219 g/mol. The van der Waals surface area contributed by atoms with Crippen molar-refractivity contribution in [3.63, 3.8) is 0 Å². The Morgan fingerprint density at radius 2 is 1.94 bits per heavy atom. The molecule has 0 saturated carbocycles. The quantitative estimate of drug-likeness (QED) is 0.841. The summed E-state index contributed by atoms with van der Waals surface area (Å²) in [7, 11) is 0. The van der Waals surface area contributed by atoms with Crippen molar-refractivity contribution in [1.82, 2.24) is 4.90 Å². The molecule has 1 aliphatic rings. The molecule has 0 bridgehead atoms. The third-order valence-electron chi connectivity index (χ3n) is 3.46. The average Bonchev–Trinajstić information content (AvgIpc) is 2.79. The number of hydrogen-bond acceptors (Lipinski definition) is 2. The zero-order chi connectivity index (χ0) is 11.4. The number of aliphatic hydroxyl groups excluding tert-OH is 1. The number of likely N-dealkylation sites (tertiary alicyclic amines) is 1. The van der Waals surface area contributed by atoms with Crippen LogP contribution in [0.25, 0.3) is 0 Å². The summed E-state index contributed by atoms with van der Waals surface area (Å²) >= 11 is 0. The van der Waals surface area contributed by atoms with E-state index in [4.69, 9.17) is 0 Å². The van der Waals surface area contributed by atoms with Crippen LogP contribution in [0, 0.1) is 6.92 Å². The van der Waals surface area contributed by atoms with E-state index in [1.165, 1.54) is 31.5 Å². The largest absolute Gasteiger partial charge is 0.388 e. The van der Waals surface area contributed by atoms with Crippen LogP contribution in [0.3, 0.4) is 0 Å². The highest BCUT2D eigenvalue weighted by molar-refractivity contribution is 5.27. The van der Waals surface area contributed by atoms with Crippen molar-refractivity contribution >= 4 is 0 Å². The van der Waals surface area contributed by atoms with Gasteiger partial charge < -0.3 is 10.0 Å². The number of aliphatic hydroxyl groups is 1. The molecule has 0 aromatic heterocycles. The molecular weight excluding hydrogens is 198 g/mol. The number of nitrogens with zero attached hydrogens (tertiary/aromatic N) is 1. The fourth-order valence-corrected chi connectivity index (χ4v) is 2.43. The van der Waals surface area contributed by atoms with Gasteiger partial charge in [-0.3, -0.25) is 0 Å². The van der Waals surface area contributed by atoms with Crippen molar-refractivity contribution < 1.29 is 5.11 Å². The van der Waals surface area contributed by atoms with Crippen LogP contribution >= 0.6 is 0 Å². The lowest BCUT2D eigenvalue weighted by atomic mass is 10.0. The number of benzene rings is 1. The Morgan fingerprint density at radius 1 is 1.25 bits per heavy atom. The van der Waals surface area contributed by atoms with E-state index >= 15 is 0 Å². The standard InChI is InChI=1S/C14H21NO/c1-12-6-2-3-7-13(12)14(16)8-11-15-9-4-5-10-15/h2-3,6-7,14,16H,4-5,8-11H2,1H3. The molecule has 1 aliphatic heterocycles. The molecule has 2 heteroatoms. The fourth-order valence-electron chi connectivity index (χ4n) is 2.43. The van der Waals surface area contributed by atoms with Crippen molar-refractivity contribution in [1.29, 1.82) is 0 Å². The maximum atomic E-state index is 10.1. The summed E-state index contributed by atoms with van der Waals surface area (Å²) in [4.78, 5) is 2.45. The summed E-state index contributed by atoms with van der Waals surface area (Å²) in [5.41, 5.74) is 2.28. The van der Waals surface area contributed by atoms with Crippen molar-refractivity contribution in [2.24, 2.45) is 0 Å². The van der Waals surface area contributed by atoms with Gasteiger partial charge in [0.15, 0.2) is 0 Å². The van der Waals surface area contributed by atoms with E-state index in [1.54, 1.807) is 0 Å². The second-order valence-electron chi connectivity index (χ2n) is 4.71.